The Bertz CT molecular complexity index is 1240. The van der Waals surface area contributed by atoms with Crippen LogP contribution >= 0.6 is 0 Å². The van der Waals surface area contributed by atoms with Crippen molar-refractivity contribution in [3.63, 3.8) is 0 Å². The van der Waals surface area contributed by atoms with E-state index in [0.717, 1.165) is 27.6 Å². The van der Waals surface area contributed by atoms with Gasteiger partial charge in [0.25, 0.3) is 10.0 Å². The fourth-order valence-electron chi connectivity index (χ4n) is 3.07. The molecule has 0 bridgehead atoms. The molecule has 146 valence electrons. The predicted molar refractivity (Wildman–Crippen MR) is 111 cm³/mol. The number of sulfonamides is 1. The SMILES string of the molecule is O=C(O)c1ccc(-c2ccc(CNS(=O)(=O)c3cc4ccccc4[nH]3)cc2)cc1. The molecule has 0 radical (unpaired) electrons. The summed E-state index contributed by atoms with van der Waals surface area (Å²) in [6.45, 7) is 0.163. The first-order chi connectivity index (χ1) is 13.9. The summed E-state index contributed by atoms with van der Waals surface area (Å²) in [5, 5.41) is 9.94. The molecule has 0 aliphatic rings. The minimum atomic E-state index is -3.66. The van der Waals surface area contributed by atoms with Gasteiger partial charge < -0.3 is 10.1 Å². The number of nitrogens with one attached hydrogen (secondary N) is 2. The molecule has 6 nitrogen and oxygen atoms in total. The molecule has 3 N–H and O–H groups in total. The van der Waals surface area contributed by atoms with Gasteiger partial charge in [-0.15, -0.1) is 0 Å². The van der Waals surface area contributed by atoms with Crippen LogP contribution in [0.15, 0.2) is 83.9 Å². The van der Waals surface area contributed by atoms with Gasteiger partial charge in [0, 0.05) is 17.4 Å². The molecule has 0 amide bonds. The fraction of sp³-hybridized carbons (Fsp3) is 0.0455. The van der Waals surface area contributed by atoms with E-state index >= 15 is 0 Å². The Morgan fingerprint density at radius 2 is 1.52 bits per heavy atom. The van der Waals surface area contributed by atoms with Crippen LogP contribution < -0.4 is 4.72 Å². The second-order valence-electron chi connectivity index (χ2n) is 6.62. The van der Waals surface area contributed by atoms with Gasteiger partial charge in [-0.05, 0) is 41.0 Å². The maximum atomic E-state index is 12.6. The van der Waals surface area contributed by atoms with Crippen molar-refractivity contribution < 1.29 is 18.3 Å². The topological polar surface area (TPSA) is 99.3 Å². The Hall–Kier alpha value is -3.42. The third-order valence-electron chi connectivity index (χ3n) is 4.68. The highest BCUT2D eigenvalue weighted by Gasteiger charge is 2.16. The number of carbonyl (C=O) groups is 1. The number of aromatic nitrogens is 1. The lowest BCUT2D eigenvalue weighted by molar-refractivity contribution is 0.0697. The highest BCUT2D eigenvalue weighted by molar-refractivity contribution is 7.89. The van der Waals surface area contributed by atoms with Crippen LogP contribution in [0, 0.1) is 0 Å². The number of aromatic carboxylic acids is 1. The first kappa shape index (κ1) is 18.9. The second-order valence-corrected chi connectivity index (χ2v) is 8.36. The van der Waals surface area contributed by atoms with E-state index in [2.05, 4.69) is 9.71 Å². The number of carboxylic acids is 1. The fourth-order valence-corrected chi connectivity index (χ4v) is 4.11. The summed E-state index contributed by atoms with van der Waals surface area (Å²) in [6.07, 6.45) is 0. The Morgan fingerprint density at radius 3 is 2.14 bits per heavy atom. The summed E-state index contributed by atoms with van der Waals surface area (Å²) < 4.78 is 27.7. The Balaban J connectivity index is 1.46. The van der Waals surface area contributed by atoms with Crippen molar-refractivity contribution in [1.29, 1.82) is 0 Å². The summed E-state index contributed by atoms with van der Waals surface area (Å²) in [4.78, 5) is 13.9. The molecule has 0 saturated carbocycles. The number of hydrogen-bond acceptors (Lipinski definition) is 3. The molecular weight excluding hydrogens is 388 g/mol. The predicted octanol–water partition coefficient (Wildman–Crippen LogP) is 4.01. The van der Waals surface area contributed by atoms with Gasteiger partial charge in [-0.1, -0.05) is 54.6 Å². The van der Waals surface area contributed by atoms with Gasteiger partial charge in [-0.2, -0.15) is 0 Å². The Kier molecular flexibility index (Phi) is 4.92. The standard InChI is InChI=1S/C22H18N2O4S/c25-22(26)18-11-9-17(10-12-18)16-7-5-15(6-8-16)14-23-29(27,28)21-13-19-3-1-2-4-20(19)24-21/h1-13,23-24H,14H2,(H,25,26). The quantitative estimate of drug-likeness (QED) is 0.450. The number of rotatable bonds is 6. The van der Waals surface area contributed by atoms with E-state index in [1.807, 2.05) is 48.5 Å². The molecule has 29 heavy (non-hydrogen) atoms. The lowest BCUT2D eigenvalue weighted by Crippen LogP contribution is -2.23. The molecule has 1 aromatic heterocycles. The van der Waals surface area contributed by atoms with Crippen molar-refractivity contribution in [3.05, 3.63) is 90.0 Å². The van der Waals surface area contributed by atoms with Crippen molar-refractivity contribution in [2.75, 3.05) is 0 Å². The first-order valence-corrected chi connectivity index (χ1v) is 10.4. The molecule has 0 atom stereocenters. The van der Waals surface area contributed by atoms with Crippen molar-refractivity contribution in [1.82, 2.24) is 9.71 Å². The molecule has 3 aromatic carbocycles. The van der Waals surface area contributed by atoms with E-state index in [4.69, 9.17) is 5.11 Å². The number of H-pyrrole nitrogens is 1. The second kappa shape index (κ2) is 7.54. The van der Waals surface area contributed by atoms with Crippen molar-refractivity contribution in [3.8, 4) is 11.1 Å². The van der Waals surface area contributed by atoms with Crippen LogP contribution in [0.1, 0.15) is 15.9 Å². The highest BCUT2D eigenvalue weighted by atomic mass is 32.2. The number of fused-ring (bicyclic) bond motifs is 1. The van der Waals surface area contributed by atoms with Gasteiger partial charge in [0.2, 0.25) is 0 Å². The van der Waals surface area contributed by atoms with Crippen molar-refractivity contribution in [2.45, 2.75) is 11.6 Å². The number of aromatic amines is 1. The summed E-state index contributed by atoms with van der Waals surface area (Å²) >= 11 is 0. The van der Waals surface area contributed by atoms with Crippen molar-refractivity contribution in [2.24, 2.45) is 0 Å². The number of benzene rings is 3. The van der Waals surface area contributed by atoms with Crippen LogP contribution in [0.5, 0.6) is 0 Å². The zero-order valence-corrected chi connectivity index (χ0v) is 16.1. The zero-order chi connectivity index (χ0) is 20.4. The van der Waals surface area contributed by atoms with Crippen LogP contribution in [0.4, 0.5) is 0 Å². The van der Waals surface area contributed by atoms with E-state index < -0.39 is 16.0 Å². The third-order valence-corrected chi connectivity index (χ3v) is 6.00. The summed E-state index contributed by atoms with van der Waals surface area (Å²) in [6, 6.07) is 23.0. The summed E-state index contributed by atoms with van der Waals surface area (Å²) in [5.74, 6) is -0.964. The largest absolute Gasteiger partial charge is 0.478 e. The van der Waals surface area contributed by atoms with E-state index in [-0.39, 0.29) is 17.1 Å². The normalized spacial score (nSPS) is 11.6. The van der Waals surface area contributed by atoms with E-state index in [1.165, 1.54) is 0 Å². The summed E-state index contributed by atoms with van der Waals surface area (Å²) in [7, 11) is -3.66. The summed E-state index contributed by atoms with van der Waals surface area (Å²) in [5.41, 5.74) is 3.63. The number of hydrogen-bond donors (Lipinski definition) is 3. The van der Waals surface area contributed by atoms with Gasteiger partial charge in [-0.25, -0.2) is 17.9 Å². The number of carboxylic acid groups (broad SMARTS) is 1. The van der Waals surface area contributed by atoms with Crippen LogP contribution in [0.25, 0.3) is 22.0 Å². The minimum absolute atomic E-state index is 0.133. The van der Waals surface area contributed by atoms with Gasteiger partial charge in [0.15, 0.2) is 0 Å². The molecule has 0 aliphatic carbocycles. The highest BCUT2D eigenvalue weighted by Crippen LogP contribution is 2.21. The lowest BCUT2D eigenvalue weighted by atomic mass is 10.0. The molecule has 0 spiro atoms. The van der Waals surface area contributed by atoms with Crippen LogP contribution in [-0.2, 0) is 16.6 Å². The van der Waals surface area contributed by atoms with Crippen LogP contribution in [0.2, 0.25) is 0 Å². The van der Waals surface area contributed by atoms with Crippen LogP contribution in [-0.4, -0.2) is 24.5 Å². The zero-order valence-electron chi connectivity index (χ0n) is 15.3. The van der Waals surface area contributed by atoms with Crippen LogP contribution in [0.3, 0.4) is 0 Å². The molecule has 1 heterocycles. The maximum absolute atomic E-state index is 12.6. The molecule has 0 unspecified atom stereocenters. The molecule has 0 aliphatic heterocycles. The molecule has 4 rings (SSSR count). The van der Waals surface area contributed by atoms with Crippen molar-refractivity contribution >= 4 is 26.9 Å². The lowest BCUT2D eigenvalue weighted by Gasteiger charge is -2.07. The Labute approximate surface area is 167 Å². The van der Waals surface area contributed by atoms with Gasteiger partial charge in [0.05, 0.1) is 5.56 Å². The Morgan fingerprint density at radius 1 is 0.897 bits per heavy atom. The van der Waals surface area contributed by atoms with E-state index in [9.17, 15) is 13.2 Å². The van der Waals surface area contributed by atoms with E-state index in [0.29, 0.717) is 0 Å². The van der Waals surface area contributed by atoms with Gasteiger partial charge >= 0.3 is 5.97 Å². The van der Waals surface area contributed by atoms with E-state index in [1.54, 1.807) is 30.3 Å². The average Bonchev–Trinajstić information content (AvgIpc) is 3.18. The molecule has 7 heteroatoms. The minimum Gasteiger partial charge on any atom is -0.478 e. The molecular formula is C22H18N2O4S. The first-order valence-electron chi connectivity index (χ1n) is 8.92. The maximum Gasteiger partial charge on any atom is 0.335 e. The van der Waals surface area contributed by atoms with Gasteiger partial charge in [-0.3, -0.25) is 0 Å². The third kappa shape index (κ3) is 4.06. The molecule has 0 saturated heterocycles. The molecule has 0 fully saturated rings. The van der Waals surface area contributed by atoms with Gasteiger partial charge in [0.1, 0.15) is 5.03 Å². The average molecular weight is 406 g/mol. The number of para-hydroxylation sites is 1. The monoisotopic (exact) mass is 406 g/mol. The molecule has 4 aromatic rings. The smallest absolute Gasteiger partial charge is 0.335 e.